The van der Waals surface area contributed by atoms with Crippen molar-refractivity contribution in [3.8, 4) is 5.69 Å². The fourth-order valence-corrected chi connectivity index (χ4v) is 3.16. The Labute approximate surface area is 157 Å². The highest BCUT2D eigenvalue weighted by atomic mass is 19.1. The summed E-state index contributed by atoms with van der Waals surface area (Å²) < 4.78 is 19.7. The summed E-state index contributed by atoms with van der Waals surface area (Å²) >= 11 is 0. The molecular formula is C19H23FN4O3. The highest BCUT2D eigenvalue weighted by Crippen LogP contribution is 2.16. The minimum atomic E-state index is -0.323. The van der Waals surface area contributed by atoms with E-state index in [0.29, 0.717) is 49.5 Å². The van der Waals surface area contributed by atoms with Crippen LogP contribution >= 0.6 is 0 Å². The number of carbonyl (C=O) groups excluding carboxylic acids is 2. The zero-order valence-corrected chi connectivity index (χ0v) is 15.4. The third-order valence-electron chi connectivity index (χ3n) is 4.68. The molecule has 0 unspecified atom stereocenters. The number of rotatable bonds is 4. The average molecular weight is 374 g/mol. The van der Waals surface area contributed by atoms with Gasteiger partial charge in [0.15, 0.2) is 0 Å². The Morgan fingerprint density at radius 1 is 1.26 bits per heavy atom. The number of amides is 2. The molecule has 0 bridgehead atoms. The molecule has 2 amide bonds. The molecule has 2 aromatic rings. The fraction of sp³-hybridized carbons (Fsp3) is 0.421. The van der Waals surface area contributed by atoms with Crippen molar-refractivity contribution in [3.63, 3.8) is 0 Å². The van der Waals surface area contributed by atoms with Crippen LogP contribution in [0.1, 0.15) is 35.8 Å². The number of likely N-dealkylation sites (tertiary alicyclic amines) is 1. The second-order valence-electron chi connectivity index (χ2n) is 6.47. The molecule has 0 radical (unpaired) electrons. The summed E-state index contributed by atoms with van der Waals surface area (Å²) in [6.45, 7) is 5.04. The topological polar surface area (TPSA) is 76.5 Å². The van der Waals surface area contributed by atoms with E-state index in [1.807, 2.05) is 0 Å². The molecule has 1 aliphatic heterocycles. The largest absolute Gasteiger partial charge is 0.450 e. The molecule has 1 aromatic carbocycles. The SMILES string of the molecule is CCOC(=O)N1CCC(NC(=O)c2cnn(-c3ccc(F)cc3)c2C)CC1. The van der Waals surface area contributed by atoms with Crippen LogP contribution in [-0.2, 0) is 4.74 Å². The van der Waals surface area contributed by atoms with Crippen molar-refractivity contribution < 1.29 is 18.7 Å². The van der Waals surface area contributed by atoms with Gasteiger partial charge in [-0.1, -0.05) is 0 Å². The lowest BCUT2D eigenvalue weighted by molar-refractivity contribution is 0.0859. The van der Waals surface area contributed by atoms with Crippen LogP contribution in [0, 0.1) is 12.7 Å². The van der Waals surface area contributed by atoms with E-state index in [9.17, 15) is 14.0 Å². The van der Waals surface area contributed by atoms with Gasteiger partial charge in [-0.2, -0.15) is 5.10 Å². The lowest BCUT2D eigenvalue weighted by atomic mass is 10.0. The fourth-order valence-electron chi connectivity index (χ4n) is 3.16. The van der Waals surface area contributed by atoms with Crippen LogP contribution in [0.2, 0.25) is 0 Å². The molecule has 2 heterocycles. The lowest BCUT2D eigenvalue weighted by Crippen LogP contribution is -2.46. The molecule has 1 saturated heterocycles. The van der Waals surface area contributed by atoms with E-state index in [1.165, 1.54) is 18.3 Å². The van der Waals surface area contributed by atoms with E-state index in [4.69, 9.17) is 4.74 Å². The molecule has 1 aliphatic rings. The maximum Gasteiger partial charge on any atom is 0.409 e. The van der Waals surface area contributed by atoms with Crippen LogP contribution < -0.4 is 5.32 Å². The molecule has 8 heteroatoms. The first-order chi connectivity index (χ1) is 13.0. The average Bonchev–Trinajstić information content (AvgIpc) is 3.05. The summed E-state index contributed by atoms with van der Waals surface area (Å²) in [6.07, 6.45) is 2.56. The molecule has 1 fully saturated rings. The predicted molar refractivity (Wildman–Crippen MR) is 97.3 cm³/mol. The number of hydrogen-bond donors (Lipinski definition) is 1. The number of hydrogen-bond acceptors (Lipinski definition) is 4. The minimum absolute atomic E-state index is 0.00301. The number of halogens is 1. The maximum absolute atomic E-state index is 13.1. The van der Waals surface area contributed by atoms with Gasteiger partial charge in [-0.3, -0.25) is 4.79 Å². The monoisotopic (exact) mass is 374 g/mol. The highest BCUT2D eigenvalue weighted by Gasteiger charge is 2.25. The van der Waals surface area contributed by atoms with Crippen LogP contribution in [0.4, 0.5) is 9.18 Å². The summed E-state index contributed by atoms with van der Waals surface area (Å²) in [7, 11) is 0. The molecule has 144 valence electrons. The van der Waals surface area contributed by atoms with Crippen molar-refractivity contribution in [3.05, 3.63) is 47.5 Å². The first kappa shape index (κ1) is 18.9. The van der Waals surface area contributed by atoms with Gasteiger partial charge in [-0.15, -0.1) is 0 Å². The molecule has 0 spiro atoms. The Hall–Kier alpha value is -2.90. The van der Waals surface area contributed by atoms with E-state index in [2.05, 4.69) is 10.4 Å². The molecular weight excluding hydrogens is 351 g/mol. The van der Waals surface area contributed by atoms with Crippen molar-refractivity contribution in [1.82, 2.24) is 20.0 Å². The highest BCUT2D eigenvalue weighted by molar-refractivity contribution is 5.95. The third-order valence-corrected chi connectivity index (χ3v) is 4.68. The molecule has 0 aliphatic carbocycles. The molecule has 1 N–H and O–H groups in total. The van der Waals surface area contributed by atoms with Crippen LogP contribution in [0.15, 0.2) is 30.5 Å². The Morgan fingerprint density at radius 3 is 2.56 bits per heavy atom. The number of ether oxygens (including phenoxy) is 1. The van der Waals surface area contributed by atoms with Gasteiger partial charge in [0, 0.05) is 19.1 Å². The van der Waals surface area contributed by atoms with Gasteiger partial charge in [0.2, 0.25) is 0 Å². The van der Waals surface area contributed by atoms with Crippen LogP contribution in [0.3, 0.4) is 0 Å². The number of benzene rings is 1. The van der Waals surface area contributed by atoms with E-state index >= 15 is 0 Å². The second kappa shape index (κ2) is 8.20. The first-order valence-electron chi connectivity index (χ1n) is 9.02. The van der Waals surface area contributed by atoms with Crippen molar-refractivity contribution in [2.75, 3.05) is 19.7 Å². The van der Waals surface area contributed by atoms with E-state index < -0.39 is 0 Å². The number of aromatic nitrogens is 2. The van der Waals surface area contributed by atoms with Crippen LogP contribution in [-0.4, -0.2) is 52.4 Å². The summed E-state index contributed by atoms with van der Waals surface area (Å²) in [5.41, 5.74) is 1.85. The third kappa shape index (κ3) is 4.27. The Kier molecular flexibility index (Phi) is 5.73. The summed E-state index contributed by atoms with van der Waals surface area (Å²) in [4.78, 5) is 26.0. The van der Waals surface area contributed by atoms with Crippen molar-refractivity contribution >= 4 is 12.0 Å². The number of nitrogens with one attached hydrogen (secondary N) is 1. The summed E-state index contributed by atoms with van der Waals surface area (Å²) in [6, 6.07) is 5.93. The number of carbonyl (C=O) groups is 2. The molecule has 7 nitrogen and oxygen atoms in total. The molecule has 0 atom stereocenters. The van der Waals surface area contributed by atoms with Gasteiger partial charge >= 0.3 is 6.09 Å². The van der Waals surface area contributed by atoms with E-state index in [-0.39, 0.29) is 23.9 Å². The normalized spacial score (nSPS) is 14.9. The quantitative estimate of drug-likeness (QED) is 0.893. The Morgan fingerprint density at radius 2 is 1.93 bits per heavy atom. The van der Waals surface area contributed by atoms with Crippen LogP contribution in [0.25, 0.3) is 5.69 Å². The number of nitrogens with zero attached hydrogens (tertiary/aromatic N) is 3. The molecule has 1 aromatic heterocycles. The number of piperidine rings is 1. The van der Waals surface area contributed by atoms with Gasteiger partial charge in [0.1, 0.15) is 5.82 Å². The van der Waals surface area contributed by atoms with Crippen molar-refractivity contribution in [1.29, 1.82) is 0 Å². The van der Waals surface area contributed by atoms with Gasteiger partial charge in [-0.05, 0) is 51.0 Å². The smallest absolute Gasteiger partial charge is 0.409 e. The van der Waals surface area contributed by atoms with Crippen molar-refractivity contribution in [2.45, 2.75) is 32.7 Å². The Bertz CT molecular complexity index is 811. The predicted octanol–water partition coefficient (Wildman–Crippen LogP) is 2.67. The first-order valence-corrected chi connectivity index (χ1v) is 9.02. The zero-order chi connectivity index (χ0) is 19.4. The summed E-state index contributed by atoms with van der Waals surface area (Å²) in [5, 5.41) is 7.26. The van der Waals surface area contributed by atoms with Crippen molar-refractivity contribution in [2.24, 2.45) is 0 Å². The van der Waals surface area contributed by atoms with Crippen LogP contribution in [0.5, 0.6) is 0 Å². The van der Waals surface area contributed by atoms with Gasteiger partial charge in [0.05, 0.1) is 29.7 Å². The molecule has 0 saturated carbocycles. The molecule has 3 rings (SSSR count). The minimum Gasteiger partial charge on any atom is -0.450 e. The van der Waals surface area contributed by atoms with Gasteiger partial charge in [-0.25, -0.2) is 13.9 Å². The standard InChI is InChI=1S/C19H23FN4O3/c1-3-27-19(26)23-10-8-15(9-11-23)22-18(25)17-12-21-24(13(17)2)16-6-4-14(20)5-7-16/h4-7,12,15H,3,8-11H2,1-2H3,(H,22,25). The van der Waals surface area contributed by atoms with Gasteiger partial charge < -0.3 is 15.0 Å². The summed E-state index contributed by atoms with van der Waals surface area (Å²) in [5.74, 6) is -0.522. The maximum atomic E-state index is 13.1. The van der Waals surface area contributed by atoms with Gasteiger partial charge in [0.25, 0.3) is 5.91 Å². The second-order valence-corrected chi connectivity index (χ2v) is 6.47. The van der Waals surface area contributed by atoms with E-state index in [0.717, 1.165) is 0 Å². The lowest BCUT2D eigenvalue weighted by Gasteiger charge is -2.31. The Balaban J connectivity index is 1.61. The molecule has 27 heavy (non-hydrogen) atoms. The van der Waals surface area contributed by atoms with E-state index in [1.54, 1.807) is 35.6 Å². The zero-order valence-electron chi connectivity index (χ0n) is 15.4.